The zero-order chi connectivity index (χ0) is 19.2. The molecule has 0 bridgehead atoms. The zero-order valence-corrected chi connectivity index (χ0v) is 17.1. The van der Waals surface area contributed by atoms with Crippen molar-refractivity contribution >= 4 is 26.8 Å². The van der Waals surface area contributed by atoms with Crippen LogP contribution in [-0.4, -0.2) is 28.4 Å². The van der Waals surface area contributed by atoms with Crippen molar-refractivity contribution < 1.29 is 8.78 Å². The second-order valence-electron chi connectivity index (χ2n) is 7.45. The van der Waals surface area contributed by atoms with Gasteiger partial charge in [-0.25, -0.2) is 8.78 Å². The lowest BCUT2D eigenvalue weighted by molar-refractivity contribution is -0.0544. The number of benzene rings is 2. The van der Waals surface area contributed by atoms with Gasteiger partial charge in [0.15, 0.2) is 0 Å². The van der Waals surface area contributed by atoms with Gasteiger partial charge in [-0.15, -0.1) is 0 Å². The average molecular weight is 433 g/mol. The van der Waals surface area contributed by atoms with Gasteiger partial charge in [-0.05, 0) is 42.7 Å². The standard InChI is InChI=1S/C22H23BrF2N2/c1-3-22(24,25)13-27-14(2)12-18-17-6-4-5-7-19(17)26-20(18)21(27)15-8-10-16(23)11-9-15/h4-11,14,21,26H,3,12-13H2,1-2H3. The number of para-hydroxylation sites is 1. The van der Waals surface area contributed by atoms with Gasteiger partial charge in [0, 0.05) is 33.5 Å². The van der Waals surface area contributed by atoms with Crippen LogP contribution in [0.1, 0.15) is 43.1 Å². The largest absolute Gasteiger partial charge is 0.357 e. The molecule has 1 aliphatic rings. The summed E-state index contributed by atoms with van der Waals surface area (Å²) in [6.45, 7) is 3.38. The Hall–Kier alpha value is -1.72. The number of H-pyrrole nitrogens is 1. The van der Waals surface area contributed by atoms with Crippen LogP contribution in [0.5, 0.6) is 0 Å². The maximum atomic E-state index is 14.4. The Balaban J connectivity index is 1.88. The monoisotopic (exact) mass is 432 g/mol. The van der Waals surface area contributed by atoms with Crippen molar-refractivity contribution in [3.05, 3.63) is 69.8 Å². The second kappa shape index (κ2) is 7.02. The van der Waals surface area contributed by atoms with E-state index in [1.807, 2.05) is 41.3 Å². The first-order chi connectivity index (χ1) is 12.9. The molecule has 2 aromatic carbocycles. The fourth-order valence-electron chi connectivity index (χ4n) is 4.14. The van der Waals surface area contributed by atoms with Crippen LogP contribution in [0, 0.1) is 0 Å². The highest BCUT2D eigenvalue weighted by Gasteiger charge is 2.40. The van der Waals surface area contributed by atoms with E-state index in [0.29, 0.717) is 0 Å². The average Bonchev–Trinajstić information content (AvgIpc) is 3.01. The molecule has 0 saturated carbocycles. The van der Waals surface area contributed by atoms with Gasteiger partial charge in [-0.3, -0.25) is 4.90 Å². The van der Waals surface area contributed by atoms with Gasteiger partial charge in [0.2, 0.25) is 0 Å². The molecule has 3 aromatic rings. The van der Waals surface area contributed by atoms with Crippen LogP contribution in [0.15, 0.2) is 53.0 Å². The van der Waals surface area contributed by atoms with Gasteiger partial charge < -0.3 is 4.98 Å². The summed E-state index contributed by atoms with van der Waals surface area (Å²) in [6, 6.07) is 16.1. The van der Waals surface area contributed by atoms with Gasteiger partial charge in [-0.2, -0.15) is 0 Å². The molecule has 4 rings (SSSR count). The molecule has 2 heterocycles. The van der Waals surface area contributed by atoms with Gasteiger partial charge in [0.25, 0.3) is 5.92 Å². The van der Waals surface area contributed by atoms with E-state index in [9.17, 15) is 8.78 Å². The molecule has 1 N–H and O–H groups in total. The third-order valence-electron chi connectivity index (χ3n) is 5.63. The van der Waals surface area contributed by atoms with Crippen molar-refractivity contribution in [1.82, 2.24) is 9.88 Å². The van der Waals surface area contributed by atoms with E-state index >= 15 is 0 Å². The van der Waals surface area contributed by atoms with Gasteiger partial charge >= 0.3 is 0 Å². The van der Waals surface area contributed by atoms with Crippen LogP contribution >= 0.6 is 15.9 Å². The Morgan fingerprint density at radius 1 is 1.15 bits per heavy atom. The molecule has 142 valence electrons. The summed E-state index contributed by atoms with van der Waals surface area (Å²) in [5, 5.41) is 1.20. The van der Waals surface area contributed by atoms with E-state index in [4.69, 9.17) is 0 Å². The first-order valence-electron chi connectivity index (χ1n) is 9.38. The molecule has 0 radical (unpaired) electrons. The molecular formula is C22H23BrF2N2. The molecule has 0 spiro atoms. The molecular weight excluding hydrogens is 410 g/mol. The molecule has 1 aliphatic heterocycles. The van der Waals surface area contributed by atoms with Crippen LogP contribution in [0.25, 0.3) is 10.9 Å². The number of halogens is 3. The lowest BCUT2D eigenvalue weighted by atomic mass is 9.88. The highest BCUT2D eigenvalue weighted by Crippen LogP contribution is 2.42. The molecule has 5 heteroatoms. The molecule has 2 unspecified atom stereocenters. The maximum absolute atomic E-state index is 14.4. The summed E-state index contributed by atoms with van der Waals surface area (Å²) >= 11 is 3.47. The van der Waals surface area contributed by atoms with E-state index < -0.39 is 5.92 Å². The SMILES string of the molecule is CCC(F)(F)CN1C(C)Cc2c([nH]c3ccccc23)C1c1ccc(Br)cc1. The number of aromatic nitrogens is 1. The first-order valence-corrected chi connectivity index (χ1v) is 10.2. The summed E-state index contributed by atoms with van der Waals surface area (Å²) in [4.78, 5) is 5.50. The number of hydrogen-bond donors (Lipinski definition) is 1. The van der Waals surface area contributed by atoms with Gasteiger partial charge in [0.1, 0.15) is 0 Å². The van der Waals surface area contributed by atoms with Crippen molar-refractivity contribution in [2.24, 2.45) is 0 Å². The number of alkyl halides is 2. The molecule has 1 aromatic heterocycles. The topological polar surface area (TPSA) is 19.0 Å². The number of nitrogens with one attached hydrogen (secondary N) is 1. The van der Waals surface area contributed by atoms with Crippen molar-refractivity contribution in [3.63, 3.8) is 0 Å². The molecule has 2 atom stereocenters. The fourth-order valence-corrected chi connectivity index (χ4v) is 4.40. The molecule has 0 aliphatic carbocycles. The van der Waals surface area contributed by atoms with Gasteiger partial charge in [-0.1, -0.05) is 53.2 Å². The predicted octanol–water partition coefficient (Wildman–Crippen LogP) is 6.31. The quantitative estimate of drug-likeness (QED) is 0.511. The number of hydrogen-bond acceptors (Lipinski definition) is 1. The van der Waals surface area contributed by atoms with Gasteiger partial charge in [0.05, 0.1) is 12.6 Å². The van der Waals surface area contributed by atoms with Crippen LogP contribution in [-0.2, 0) is 6.42 Å². The summed E-state index contributed by atoms with van der Waals surface area (Å²) in [7, 11) is 0. The maximum Gasteiger partial charge on any atom is 0.260 e. The Labute approximate surface area is 166 Å². The van der Waals surface area contributed by atoms with Crippen molar-refractivity contribution in [2.75, 3.05) is 6.54 Å². The minimum absolute atomic E-state index is 0.0303. The summed E-state index contributed by atoms with van der Waals surface area (Å²) in [5.74, 6) is -2.70. The minimum atomic E-state index is -2.70. The third-order valence-corrected chi connectivity index (χ3v) is 6.16. The lowest BCUT2D eigenvalue weighted by Gasteiger charge is -2.42. The van der Waals surface area contributed by atoms with Crippen LogP contribution in [0.4, 0.5) is 8.78 Å². The van der Waals surface area contributed by atoms with Crippen molar-refractivity contribution in [2.45, 2.75) is 44.7 Å². The lowest BCUT2D eigenvalue weighted by Crippen LogP contribution is -2.48. The summed E-state index contributed by atoms with van der Waals surface area (Å²) in [6.07, 6.45) is 0.620. The number of rotatable bonds is 4. The van der Waals surface area contributed by atoms with Crippen molar-refractivity contribution in [3.8, 4) is 0 Å². The Morgan fingerprint density at radius 2 is 1.85 bits per heavy atom. The van der Waals surface area contributed by atoms with E-state index in [2.05, 4.69) is 40.0 Å². The van der Waals surface area contributed by atoms with E-state index in [-0.39, 0.29) is 25.0 Å². The van der Waals surface area contributed by atoms with E-state index in [1.165, 1.54) is 10.9 Å². The van der Waals surface area contributed by atoms with Crippen molar-refractivity contribution in [1.29, 1.82) is 0 Å². The predicted molar refractivity (Wildman–Crippen MR) is 109 cm³/mol. The third kappa shape index (κ3) is 3.43. The Kier molecular flexibility index (Phi) is 4.85. The van der Waals surface area contributed by atoms with Crippen LogP contribution in [0.3, 0.4) is 0 Å². The molecule has 27 heavy (non-hydrogen) atoms. The minimum Gasteiger partial charge on any atom is -0.357 e. The highest BCUT2D eigenvalue weighted by atomic mass is 79.9. The Bertz CT molecular complexity index is 949. The number of nitrogens with zero attached hydrogens (tertiary/aromatic N) is 1. The Morgan fingerprint density at radius 3 is 2.56 bits per heavy atom. The molecule has 0 saturated heterocycles. The summed E-state index contributed by atoms with van der Waals surface area (Å²) < 4.78 is 29.8. The first kappa shape index (κ1) is 18.6. The second-order valence-corrected chi connectivity index (χ2v) is 8.37. The van der Waals surface area contributed by atoms with E-state index in [1.54, 1.807) is 6.92 Å². The smallest absolute Gasteiger partial charge is 0.260 e. The van der Waals surface area contributed by atoms with Crippen LogP contribution < -0.4 is 0 Å². The number of aromatic amines is 1. The fraction of sp³-hybridized carbons (Fsp3) is 0.364. The molecule has 0 fully saturated rings. The summed E-state index contributed by atoms with van der Waals surface area (Å²) in [5.41, 5.74) is 4.40. The highest BCUT2D eigenvalue weighted by molar-refractivity contribution is 9.10. The van der Waals surface area contributed by atoms with Crippen LogP contribution in [0.2, 0.25) is 0 Å². The zero-order valence-electron chi connectivity index (χ0n) is 15.5. The number of fused-ring (bicyclic) bond motifs is 3. The normalized spacial score (nSPS) is 20.8. The molecule has 2 nitrogen and oxygen atoms in total. The van der Waals surface area contributed by atoms with E-state index in [0.717, 1.165) is 27.7 Å². The molecule has 0 amide bonds.